The summed E-state index contributed by atoms with van der Waals surface area (Å²) in [6, 6.07) is 50.9. The van der Waals surface area contributed by atoms with Gasteiger partial charge in [0.15, 0.2) is 11.6 Å². The zero-order chi connectivity index (χ0) is 29.0. The molecule has 0 atom stereocenters. The minimum absolute atomic E-state index is 0.600. The molecule has 0 fully saturated rings. The fourth-order valence-corrected chi connectivity index (χ4v) is 7.37. The van der Waals surface area contributed by atoms with Crippen molar-refractivity contribution in [1.82, 2.24) is 19.5 Å². The number of hydrogen-bond donors (Lipinski definition) is 0. The molecule has 44 heavy (non-hydrogen) atoms. The van der Waals surface area contributed by atoms with Crippen molar-refractivity contribution < 1.29 is 0 Å². The number of aromatic nitrogens is 4. The van der Waals surface area contributed by atoms with Gasteiger partial charge in [-0.05, 0) is 46.5 Å². The largest absolute Gasteiger partial charge is 0.278 e. The lowest BCUT2D eigenvalue weighted by atomic mass is 9.94. The van der Waals surface area contributed by atoms with E-state index < -0.39 is 0 Å². The van der Waals surface area contributed by atoms with Gasteiger partial charge in [0.25, 0.3) is 0 Å². The van der Waals surface area contributed by atoms with Crippen molar-refractivity contribution in [2.45, 2.75) is 9.79 Å². The van der Waals surface area contributed by atoms with Gasteiger partial charge in [0.1, 0.15) is 0 Å². The first-order valence-electron chi connectivity index (χ1n) is 14.6. The summed E-state index contributed by atoms with van der Waals surface area (Å²) in [6.45, 7) is 0. The molecule has 0 unspecified atom stereocenters. The number of hydrogen-bond acceptors (Lipinski definition) is 4. The Morgan fingerprint density at radius 1 is 0.409 bits per heavy atom. The predicted molar refractivity (Wildman–Crippen MR) is 180 cm³/mol. The average Bonchev–Trinajstić information content (AvgIpc) is 3.34. The summed E-state index contributed by atoms with van der Waals surface area (Å²) >= 11 is 1.82. The number of rotatable bonds is 3. The number of fused-ring (bicyclic) bond motifs is 8. The summed E-state index contributed by atoms with van der Waals surface area (Å²) in [5.74, 6) is 1.89. The van der Waals surface area contributed by atoms with Gasteiger partial charge >= 0.3 is 0 Å². The van der Waals surface area contributed by atoms with Crippen LogP contribution in [0, 0.1) is 0 Å². The molecular weight excluding hydrogens is 557 g/mol. The molecule has 9 rings (SSSR count). The van der Waals surface area contributed by atoms with Crippen LogP contribution in [0.3, 0.4) is 0 Å². The highest BCUT2D eigenvalue weighted by atomic mass is 32.2. The van der Waals surface area contributed by atoms with E-state index in [0.29, 0.717) is 17.6 Å². The second-order valence-electron chi connectivity index (χ2n) is 10.9. The molecule has 1 aliphatic rings. The molecule has 5 heteroatoms. The van der Waals surface area contributed by atoms with E-state index in [4.69, 9.17) is 15.0 Å². The Morgan fingerprint density at radius 3 is 1.68 bits per heavy atom. The Bertz CT molecular complexity index is 2300. The first-order chi connectivity index (χ1) is 21.8. The maximum atomic E-state index is 5.11. The zero-order valence-corrected chi connectivity index (χ0v) is 24.4. The lowest BCUT2D eigenvalue weighted by molar-refractivity contribution is 0.952. The second kappa shape index (κ2) is 10.0. The van der Waals surface area contributed by atoms with E-state index in [1.807, 2.05) is 72.4 Å². The van der Waals surface area contributed by atoms with Gasteiger partial charge in [-0.1, -0.05) is 133 Å². The standard InChI is InChI=1S/C39H24N4S/c1-3-13-25(14-4-1)37-40-38(26-15-5-2-6-16-26)42-39(41-37)43-33-21-11-9-19-29(33)31-23-32-28-18-8-7-17-27(28)30-20-10-12-22-35(30)44-36(32)24-34(31)43/h1-24H. The monoisotopic (exact) mass is 580 g/mol. The molecule has 8 aromatic rings. The van der Waals surface area contributed by atoms with Gasteiger partial charge in [-0.3, -0.25) is 4.57 Å². The van der Waals surface area contributed by atoms with Crippen molar-refractivity contribution in [3.8, 4) is 51.0 Å². The van der Waals surface area contributed by atoms with E-state index in [2.05, 4.69) is 89.5 Å². The molecule has 0 saturated carbocycles. The van der Waals surface area contributed by atoms with E-state index in [-0.39, 0.29) is 0 Å². The van der Waals surface area contributed by atoms with Gasteiger partial charge in [-0.2, -0.15) is 9.97 Å². The molecule has 4 nitrogen and oxygen atoms in total. The van der Waals surface area contributed by atoms with Crippen LogP contribution in [0.4, 0.5) is 0 Å². The molecule has 206 valence electrons. The van der Waals surface area contributed by atoms with Crippen molar-refractivity contribution in [2.75, 3.05) is 0 Å². The van der Waals surface area contributed by atoms with E-state index in [1.54, 1.807) is 0 Å². The molecule has 0 saturated heterocycles. The maximum Gasteiger partial charge on any atom is 0.238 e. The summed E-state index contributed by atoms with van der Waals surface area (Å²) in [6.07, 6.45) is 0. The third-order valence-corrected chi connectivity index (χ3v) is 9.41. The van der Waals surface area contributed by atoms with Gasteiger partial charge < -0.3 is 0 Å². The smallest absolute Gasteiger partial charge is 0.238 e. The van der Waals surface area contributed by atoms with Crippen molar-refractivity contribution in [2.24, 2.45) is 0 Å². The minimum Gasteiger partial charge on any atom is -0.278 e. The Labute approximate surface area is 258 Å². The maximum absolute atomic E-state index is 5.11. The molecular formula is C39H24N4S. The van der Waals surface area contributed by atoms with E-state index in [0.717, 1.165) is 27.5 Å². The summed E-state index contributed by atoms with van der Waals surface area (Å²) in [5, 5.41) is 2.33. The zero-order valence-electron chi connectivity index (χ0n) is 23.6. The molecule has 0 bridgehead atoms. The minimum atomic E-state index is 0.600. The summed E-state index contributed by atoms with van der Waals surface area (Å²) in [5.41, 5.74) is 9.04. The van der Waals surface area contributed by atoms with Crippen molar-refractivity contribution >= 4 is 33.6 Å². The lowest BCUT2D eigenvalue weighted by Crippen LogP contribution is -2.06. The number of para-hydroxylation sites is 1. The van der Waals surface area contributed by atoms with Crippen LogP contribution in [0.2, 0.25) is 0 Å². The topological polar surface area (TPSA) is 43.6 Å². The Hall–Kier alpha value is -5.52. The summed E-state index contributed by atoms with van der Waals surface area (Å²) < 4.78 is 2.20. The third-order valence-electron chi connectivity index (χ3n) is 8.28. The highest BCUT2D eigenvalue weighted by Gasteiger charge is 2.24. The van der Waals surface area contributed by atoms with Crippen LogP contribution in [-0.2, 0) is 0 Å². The van der Waals surface area contributed by atoms with Gasteiger partial charge in [0.05, 0.1) is 11.0 Å². The Morgan fingerprint density at radius 2 is 0.977 bits per heavy atom. The molecule has 6 aromatic carbocycles. The van der Waals surface area contributed by atoms with E-state index in [1.165, 1.54) is 37.4 Å². The van der Waals surface area contributed by atoms with Crippen LogP contribution < -0.4 is 0 Å². The SMILES string of the molecule is c1ccc(-c2nc(-c3ccccc3)nc(-n3c4ccccc4c4cc5c(cc43)Sc3ccccc3-c3ccccc3-5)n2)cc1. The van der Waals surface area contributed by atoms with E-state index in [9.17, 15) is 0 Å². The highest BCUT2D eigenvalue weighted by Crippen LogP contribution is 2.50. The summed E-state index contributed by atoms with van der Waals surface area (Å²) in [7, 11) is 0. The lowest BCUT2D eigenvalue weighted by Gasteiger charge is -2.12. The fraction of sp³-hybridized carbons (Fsp3) is 0. The van der Waals surface area contributed by atoms with Crippen molar-refractivity contribution in [1.29, 1.82) is 0 Å². The fourth-order valence-electron chi connectivity index (χ4n) is 6.25. The quantitative estimate of drug-likeness (QED) is 0.209. The van der Waals surface area contributed by atoms with Crippen LogP contribution in [0.25, 0.3) is 72.8 Å². The Kier molecular flexibility index (Phi) is 5.71. The first-order valence-corrected chi connectivity index (χ1v) is 15.4. The normalized spacial score (nSPS) is 12.0. The molecule has 2 aromatic heterocycles. The molecule has 0 amide bonds. The number of benzene rings is 6. The van der Waals surface area contributed by atoms with Crippen molar-refractivity contribution in [3.63, 3.8) is 0 Å². The predicted octanol–water partition coefficient (Wildman–Crippen LogP) is 10.1. The van der Waals surface area contributed by atoms with Gasteiger partial charge in [-0.15, -0.1) is 0 Å². The molecule has 0 N–H and O–H groups in total. The summed E-state index contributed by atoms with van der Waals surface area (Å²) in [4.78, 5) is 17.6. The Balaban J connectivity index is 1.36. The molecule has 0 aliphatic carbocycles. The van der Waals surface area contributed by atoms with Crippen LogP contribution >= 0.6 is 11.8 Å². The first kappa shape index (κ1) is 25.0. The second-order valence-corrected chi connectivity index (χ2v) is 12.0. The molecule has 3 heterocycles. The van der Waals surface area contributed by atoms with Gasteiger partial charge in [0, 0.05) is 31.7 Å². The van der Waals surface area contributed by atoms with Crippen molar-refractivity contribution in [3.05, 3.63) is 146 Å². The molecule has 1 aliphatic heterocycles. The van der Waals surface area contributed by atoms with Crippen LogP contribution in [0.1, 0.15) is 0 Å². The van der Waals surface area contributed by atoms with Crippen LogP contribution in [0.15, 0.2) is 155 Å². The molecule has 0 spiro atoms. The number of nitrogens with zero attached hydrogens (tertiary/aromatic N) is 4. The van der Waals surface area contributed by atoms with Crippen LogP contribution in [0.5, 0.6) is 0 Å². The van der Waals surface area contributed by atoms with Gasteiger partial charge in [-0.25, -0.2) is 4.98 Å². The van der Waals surface area contributed by atoms with Crippen LogP contribution in [-0.4, -0.2) is 19.5 Å². The van der Waals surface area contributed by atoms with Gasteiger partial charge in [0.2, 0.25) is 5.95 Å². The highest BCUT2D eigenvalue weighted by molar-refractivity contribution is 7.99. The van der Waals surface area contributed by atoms with E-state index >= 15 is 0 Å². The average molecular weight is 581 g/mol. The molecule has 0 radical (unpaired) electrons. The third kappa shape index (κ3) is 3.98.